The number of pyridine rings is 1. The van der Waals surface area contributed by atoms with E-state index >= 15 is 0 Å². The highest BCUT2D eigenvalue weighted by atomic mass is 79.9. The molecule has 33 heavy (non-hydrogen) atoms. The number of aromatic nitrogens is 1. The van der Waals surface area contributed by atoms with Gasteiger partial charge in [-0.15, -0.1) is 0 Å². The largest absolute Gasteiger partial charge is 0.456 e. The summed E-state index contributed by atoms with van der Waals surface area (Å²) in [5, 5.41) is 2.32. The predicted octanol–water partition coefficient (Wildman–Crippen LogP) is 8.09. The SMILES string of the molecule is Brc1nccc2c1-c1ccccc1C21c2ccccc2-c2cc3oc4ccccc4c3cc21. The minimum atomic E-state index is -0.379. The van der Waals surface area contributed by atoms with E-state index in [9.17, 15) is 0 Å². The van der Waals surface area contributed by atoms with Gasteiger partial charge in [-0.25, -0.2) is 4.98 Å². The Morgan fingerprint density at radius 2 is 1.33 bits per heavy atom. The molecule has 8 rings (SSSR count). The summed E-state index contributed by atoms with van der Waals surface area (Å²) in [7, 11) is 0. The molecule has 2 nitrogen and oxygen atoms in total. The third-order valence-electron chi connectivity index (χ3n) is 7.45. The molecule has 1 atom stereocenters. The van der Waals surface area contributed by atoms with Crippen LogP contribution in [0.4, 0.5) is 0 Å². The Morgan fingerprint density at radius 1 is 0.606 bits per heavy atom. The monoisotopic (exact) mass is 485 g/mol. The molecule has 2 aliphatic rings. The maximum absolute atomic E-state index is 6.28. The van der Waals surface area contributed by atoms with E-state index in [0.29, 0.717) is 0 Å². The number of benzene rings is 4. The molecule has 0 radical (unpaired) electrons. The molecule has 3 heteroatoms. The lowest BCUT2D eigenvalue weighted by atomic mass is 9.70. The highest BCUT2D eigenvalue weighted by Crippen LogP contribution is 2.64. The van der Waals surface area contributed by atoms with Gasteiger partial charge in [-0.05, 0) is 79.1 Å². The fourth-order valence-corrected chi connectivity index (χ4v) is 6.80. The molecule has 2 aliphatic carbocycles. The Morgan fingerprint density at radius 3 is 2.21 bits per heavy atom. The third kappa shape index (κ3) is 1.99. The quantitative estimate of drug-likeness (QED) is 0.203. The Labute approximate surface area is 198 Å². The number of furan rings is 1. The predicted molar refractivity (Wildman–Crippen MR) is 136 cm³/mol. The number of nitrogens with zero attached hydrogens (tertiary/aromatic N) is 1. The van der Waals surface area contributed by atoms with Crippen LogP contribution in [0.5, 0.6) is 0 Å². The number of hydrogen-bond donors (Lipinski definition) is 0. The number of rotatable bonds is 0. The zero-order valence-electron chi connectivity index (χ0n) is 17.5. The highest BCUT2D eigenvalue weighted by molar-refractivity contribution is 9.10. The van der Waals surface area contributed by atoms with Crippen molar-refractivity contribution in [3.8, 4) is 22.3 Å². The number of para-hydroxylation sites is 1. The Balaban J connectivity index is 1.62. The first-order valence-electron chi connectivity index (χ1n) is 11.1. The van der Waals surface area contributed by atoms with Crippen LogP contribution in [0.3, 0.4) is 0 Å². The summed E-state index contributed by atoms with van der Waals surface area (Å²) >= 11 is 3.77. The van der Waals surface area contributed by atoms with Crippen molar-refractivity contribution in [2.75, 3.05) is 0 Å². The van der Waals surface area contributed by atoms with Crippen LogP contribution in [0, 0.1) is 0 Å². The van der Waals surface area contributed by atoms with Crippen LogP contribution in [0.2, 0.25) is 0 Å². The standard InChI is InChI=1S/C30H16BrNO/c31-29-28-19-9-2-5-11-23(19)30(24(28)13-14-32-29)22-10-4-1-7-17(22)20-16-27-21(15-25(20)30)18-8-3-6-12-26(18)33-27/h1-16H. The van der Waals surface area contributed by atoms with Crippen molar-refractivity contribution in [1.29, 1.82) is 0 Å². The molecular weight excluding hydrogens is 470 g/mol. The number of hydrogen-bond acceptors (Lipinski definition) is 2. The van der Waals surface area contributed by atoms with E-state index in [1.807, 2.05) is 18.3 Å². The van der Waals surface area contributed by atoms with Crippen molar-refractivity contribution in [3.05, 3.63) is 124 Å². The van der Waals surface area contributed by atoms with Gasteiger partial charge in [0, 0.05) is 22.5 Å². The summed E-state index contributed by atoms with van der Waals surface area (Å²) in [6.45, 7) is 0. The van der Waals surface area contributed by atoms with Gasteiger partial charge in [-0.2, -0.15) is 0 Å². The minimum Gasteiger partial charge on any atom is -0.456 e. The molecule has 2 heterocycles. The summed E-state index contributed by atoms with van der Waals surface area (Å²) in [6.07, 6.45) is 1.92. The summed E-state index contributed by atoms with van der Waals surface area (Å²) in [6, 6.07) is 32.7. The Bertz CT molecular complexity index is 1800. The molecule has 154 valence electrons. The molecule has 0 amide bonds. The topological polar surface area (TPSA) is 26.0 Å². The van der Waals surface area contributed by atoms with E-state index in [0.717, 1.165) is 26.5 Å². The van der Waals surface area contributed by atoms with E-state index in [1.165, 1.54) is 44.5 Å². The molecule has 0 N–H and O–H groups in total. The molecule has 1 spiro atoms. The van der Waals surface area contributed by atoms with E-state index < -0.39 is 0 Å². The molecule has 0 fully saturated rings. The molecule has 0 saturated heterocycles. The third-order valence-corrected chi connectivity index (χ3v) is 8.05. The second-order valence-electron chi connectivity index (χ2n) is 8.86. The second-order valence-corrected chi connectivity index (χ2v) is 9.61. The first kappa shape index (κ1) is 17.8. The van der Waals surface area contributed by atoms with Crippen molar-refractivity contribution in [2.45, 2.75) is 5.41 Å². The fraction of sp³-hybridized carbons (Fsp3) is 0.0333. The van der Waals surface area contributed by atoms with Gasteiger partial charge in [0.25, 0.3) is 0 Å². The van der Waals surface area contributed by atoms with E-state index in [2.05, 4.69) is 99.8 Å². The van der Waals surface area contributed by atoms with Gasteiger partial charge in [0.1, 0.15) is 15.8 Å². The molecule has 0 aliphatic heterocycles. The van der Waals surface area contributed by atoms with Crippen molar-refractivity contribution in [2.24, 2.45) is 0 Å². The summed E-state index contributed by atoms with van der Waals surface area (Å²) < 4.78 is 7.18. The number of halogens is 1. The van der Waals surface area contributed by atoms with Crippen molar-refractivity contribution >= 4 is 37.9 Å². The minimum absolute atomic E-state index is 0.379. The van der Waals surface area contributed by atoms with Gasteiger partial charge in [0.15, 0.2) is 0 Å². The van der Waals surface area contributed by atoms with E-state index in [-0.39, 0.29) is 5.41 Å². The zero-order chi connectivity index (χ0) is 21.7. The lowest BCUT2D eigenvalue weighted by Crippen LogP contribution is -2.25. The lowest BCUT2D eigenvalue weighted by molar-refractivity contribution is 0.669. The smallest absolute Gasteiger partial charge is 0.136 e. The molecule has 0 bridgehead atoms. The van der Waals surface area contributed by atoms with Gasteiger partial charge in [-0.3, -0.25) is 0 Å². The van der Waals surface area contributed by atoms with Crippen LogP contribution < -0.4 is 0 Å². The maximum Gasteiger partial charge on any atom is 0.136 e. The Hall–Kier alpha value is -3.69. The van der Waals surface area contributed by atoms with Crippen LogP contribution in [0.1, 0.15) is 22.3 Å². The van der Waals surface area contributed by atoms with Crippen LogP contribution in [-0.4, -0.2) is 4.98 Å². The van der Waals surface area contributed by atoms with Gasteiger partial charge in [0.2, 0.25) is 0 Å². The van der Waals surface area contributed by atoms with Gasteiger partial charge in [0.05, 0.1) is 5.41 Å². The molecule has 2 aromatic heterocycles. The van der Waals surface area contributed by atoms with E-state index in [1.54, 1.807) is 0 Å². The molecule has 6 aromatic rings. The van der Waals surface area contributed by atoms with E-state index in [4.69, 9.17) is 4.42 Å². The fourth-order valence-electron chi connectivity index (χ4n) is 6.25. The van der Waals surface area contributed by atoms with Crippen molar-refractivity contribution in [3.63, 3.8) is 0 Å². The number of fused-ring (bicyclic) bond motifs is 13. The van der Waals surface area contributed by atoms with Crippen LogP contribution in [0.25, 0.3) is 44.2 Å². The summed E-state index contributed by atoms with van der Waals surface area (Å²) in [4.78, 5) is 4.60. The normalized spacial score (nSPS) is 17.4. The second kappa shape index (κ2) is 6.00. The first-order chi connectivity index (χ1) is 16.3. The van der Waals surface area contributed by atoms with Crippen LogP contribution in [-0.2, 0) is 5.41 Å². The van der Waals surface area contributed by atoms with Gasteiger partial charge in [-0.1, -0.05) is 66.7 Å². The lowest BCUT2D eigenvalue weighted by Gasteiger charge is -2.30. The molecule has 4 aromatic carbocycles. The zero-order valence-corrected chi connectivity index (χ0v) is 19.1. The molecule has 0 saturated carbocycles. The highest BCUT2D eigenvalue weighted by Gasteiger charge is 2.52. The first-order valence-corrected chi connectivity index (χ1v) is 11.9. The van der Waals surface area contributed by atoms with Crippen LogP contribution >= 0.6 is 15.9 Å². The summed E-state index contributed by atoms with van der Waals surface area (Å²) in [5.74, 6) is 0. The average molecular weight is 486 g/mol. The van der Waals surface area contributed by atoms with Gasteiger partial charge < -0.3 is 4.42 Å². The molecular formula is C30H16BrNO. The van der Waals surface area contributed by atoms with Crippen LogP contribution in [0.15, 0.2) is 106 Å². The van der Waals surface area contributed by atoms with Crippen molar-refractivity contribution in [1.82, 2.24) is 4.98 Å². The molecule has 1 unspecified atom stereocenters. The Kier molecular flexibility index (Phi) is 3.24. The van der Waals surface area contributed by atoms with Crippen molar-refractivity contribution < 1.29 is 4.42 Å². The van der Waals surface area contributed by atoms with Gasteiger partial charge >= 0.3 is 0 Å². The average Bonchev–Trinajstić information content (AvgIpc) is 3.47. The summed E-state index contributed by atoms with van der Waals surface area (Å²) in [5.41, 5.74) is 11.7. The maximum atomic E-state index is 6.28.